The summed E-state index contributed by atoms with van der Waals surface area (Å²) in [6.45, 7) is 3.65. The molecule has 2 N–H and O–H groups in total. The summed E-state index contributed by atoms with van der Waals surface area (Å²) in [6, 6.07) is 17.5. The van der Waals surface area contributed by atoms with E-state index in [0.717, 1.165) is 48.6 Å². The third-order valence-corrected chi connectivity index (χ3v) is 5.44. The number of halogens is 1. The Kier molecular flexibility index (Phi) is 6.23. The molecule has 0 unspecified atom stereocenters. The van der Waals surface area contributed by atoms with E-state index in [9.17, 15) is 4.79 Å². The number of amides is 1. The number of H-pyrrole nitrogens is 1. The van der Waals surface area contributed by atoms with Gasteiger partial charge in [-0.3, -0.25) is 9.89 Å². The molecule has 6 nitrogen and oxygen atoms in total. The lowest BCUT2D eigenvalue weighted by Gasteiger charge is -2.33. The number of aromatic amines is 1. The predicted octanol–water partition coefficient (Wildman–Crippen LogP) is 4.20. The van der Waals surface area contributed by atoms with E-state index in [2.05, 4.69) is 20.4 Å². The first kappa shape index (κ1) is 20.3. The smallest absolute Gasteiger partial charge is 0.258 e. The van der Waals surface area contributed by atoms with Crippen LogP contribution in [0, 0.1) is 6.92 Å². The fourth-order valence-electron chi connectivity index (χ4n) is 3.68. The summed E-state index contributed by atoms with van der Waals surface area (Å²) in [5.74, 6) is 1.49. The van der Waals surface area contributed by atoms with E-state index in [1.807, 2.05) is 61.5 Å². The van der Waals surface area contributed by atoms with Gasteiger partial charge in [0.1, 0.15) is 5.75 Å². The second kappa shape index (κ2) is 9.22. The molecule has 1 aromatic heterocycles. The third-order valence-electron chi connectivity index (χ3n) is 5.19. The summed E-state index contributed by atoms with van der Waals surface area (Å²) >= 11 is 5.97. The van der Waals surface area contributed by atoms with Crippen molar-refractivity contribution in [2.75, 3.05) is 24.6 Å². The van der Waals surface area contributed by atoms with Crippen LogP contribution < -0.4 is 15.0 Å². The molecule has 30 heavy (non-hydrogen) atoms. The van der Waals surface area contributed by atoms with E-state index >= 15 is 0 Å². The van der Waals surface area contributed by atoms with Crippen LogP contribution in [-0.4, -0.2) is 41.8 Å². The number of ether oxygens (including phenoxy) is 1. The fraction of sp³-hybridized carbons (Fsp3) is 0.304. The van der Waals surface area contributed by atoms with Crippen molar-refractivity contribution in [3.63, 3.8) is 0 Å². The monoisotopic (exact) mass is 424 g/mol. The molecule has 156 valence electrons. The molecule has 0 radical (unpaired) electrons. The minimum Gasteiger partial charge on any atom is -0.484 e. The van der Waals surface area contributed by atoms with E-state index < -0.39 is 0 Å². The summed E-state index contributed by atoms with van der Waals surface area (Å²) in [5.41, 5.74) is 3.08. The highest BCUT2D eigenvalue weighted by molar-refractivity contribution is 6.30. The van der Waals surface area contributed by atoms with Crippen molar-refractivity contribution in [2.24, 2.45) is 0 Å². The number of aryl methyl sites for hydroxylation is 1. The molecule has 2 heterocycles. The number of piperidine rings is 1. The molecule has 0 saturated carbocycles. The summed E-state index contributed by atoms with van der Waals surface area (Å²) in [6.07, 6.45) is 1.94. The topological polar surface area (TPSA) is 70.2 Å². The summed E-state index contributed by atoms with van der Waals surface area (Å²) in [5, 5.41) is 11.4. The molecule has 1 saturated heterocycles. The quantitative estimate of drug-likeness (QED) is 0.622. The van der Waals surface area contributed by atoms with Gasteiger partial charge in [-0.1, -0.05) is 35.9 Å². The molecule has 0 bridgehead atoms. The van der Waals surface area contributed by atoms with E-state index in [1.165, 1.54) is 0 Å². The van der Waals surface area contributed by atoms with Crippen LogP contribution in [0.2, 0.25) is 5.02 Å². The zero-order valence-corrected chi connectivity index (χ0v) is 17.7. The average molecular weight is 425 g/mol. The number of anilines is 1. The van der Waals surface area contributed by atoms with Gasteiger partial charge >= 0.3 is 0 Å². The molecule has 1 amide bonds. The van der Waals surface area contributed by atoms with Crippen LogP contribution in [0.25, 0.3) is 11.3 Å². The van der Waals surface area contributed by atoms with Gasteiger partial charge in [-0.25, -0.2) is 0 Å². The van der Waals surface area contributed by atoms with E-state index in [1.54, 1.807) is 0 Å². The number of nitrogens with one attached hydrogen (secondary N) is 2. The number of aromatic nitrogens is 2. The third kappa shape index (κ3) is 5.13. The Morgan fingerprint density at radius 3 is 2.90 bits per heavy atom. The molecule has 0 spiro atoms. The first-order valence-electron chi connectivity index (χ1n) is 10.1. The molecular formula is C23H25ClN4O2. The SMILES string of the molecule is Cc1cccc(OCC(=O)N[C@H]2CCCN(c3cc(-c4ccc(Cl)cc4)[nH]n3)C2)c1. The lowest BCUT2D eigenvalue weighted by Crippen LogP contribution is -2.49. The molecule has 3 aromatic rings. The van der Waals surface area contributed by atoms with Crippen molar-refractivity contribution in [3.05, 3.63) is 65.2 Å². The normalized spacial score (nSPS) is 16.3. The van der Waals surface area contributed by atoms with Crippen LogP contribution >= 0.6 is 11.6 Å². The second-order valence-electron chi connectivity index (χ2n) is 7.60. The Bertz CT molecular complexity index is 1000. The number of rotatable bonds is 6. The average Bonchev–Trinajstić information content (AvgIpc) is 3.23. The maximum absolute atomic E-state index is 12.3. The number of hydrogen-bond donors (Lipinski definition) is 2. The maximum atomic E-state index is 12.3. The Morgan fingerprint density at radius 2 is 2.10 bits per heavy atom. The zero-order valence-electron chi connectivity index (χ0n) is 16.9. The lowest BCUT2D eigenvalue weighted by atomic mass is 10.1. The maximum Gasteiger partial charge on any atom is 0.258 e. The summed E-state index contributed by atoms with van der Waals surface area (Å²) in [7, 11) is 0. The number of hydrogen-bond acceptors (Lipinski definition) is 4. The Balaban J connectivity index is 1.32. The van der Waals surface area contributed by atoms with Crippen molar-refractivity contribution in [1.82, 2.24) is 15.5 Å². The van der Waals surface area contributed by atoms with Gasteiger partial charge in [0, 0.05) is 30.2 Å². The van der Waals surface area contributed by atoms with Crippen molar-refractivity contribution in [3.8, 4) is 17.0 Å². The highest BCUT2D eigenvalue weighted by atomic mass is 35.5. The number of nitrogens with zero attached hydrogens (tertiary/aromatic N) is 2. The van der Waals surface area contributed by atoms with Crippen molar-refractivity contribution >= 4 is 23.3 Å². The van der Waals surface area contributed by atoms with Gasteiger partial charge in [0.25, 0.3) is 5.91 Å². The van der Waals surface area contributed by atoms with Gasteiger partial charge < -0.3 is 15.0 Å². The molecule has 1 atom stereocenters. The van der Waals surface area contributed by atoms with Crippen molar-refractivity contribution in [1.29, 1.82) is 0 Å². The summed E-state index contributed by atoms with van der Waals surface area (Å²) < 4.78 is 5.61. The highest BCUT2D eigenvalue weighted by Gasteiger charge is 2.23. The zero-order chi connectivity index (χ0) is 20.9. The number of carbonyl (C=O) groups is 1. The van der Waals surface area contributed by atoms with Crippen LogP contribution in [0.5, 0.6) is 5.75 Å². The highest BCUT2D eigenvalue weighted by Crippen LogP contribution is 2.25. The Morgan fingerprint density at radius 1 is 1.27 bits per heavy atom. The summed E-state index contributed by atoms with van der Waals surface area (Å²) in [4.78, 5) is 14.5. The first-order chi connectivity index (χ1) is 14.6. The first-order valence-corrected chi connectivity index (χ1v) is 10.5. The van der Waals surface area contributed by atoms with Crippen LogP contribution in [0.1, 0.15) is 18.4 Å². The minimum atomic E-state index is -0.104. The van der Waals surface area contributed by atoms with Gasteiger partial charge in [-0.15, -0.1) is 0 Å². The van der Waals surface area contributed by atoms with Crippen LogP contribution in [0.4, 0.5) is 5.82 Å². The van der Waals surface area contributed by atoms with Crippen molar-refractivity contribution < 1.29 is 9.53 Å². The molecule has 1 fully saturated rings. The van der Waals surface area contributed by atoms with Crippen LogP contribution in [0.3, 0.4) is 0 Å². The van der Waals surface area contributed by atoms with Gasteiger partial charge in [-0.05, 0) is 55.2 Å². The fourth-order valence-corrected chi connectivity index (χ4v) is 3.80. The number of carbonyl (C=O) groups excluding carboxylic acids is 1. The van der Waals surface area contributed by atoms with E-state index in [4.69, 9.17) is 16.3 Å². The molecule has 7 heteroatoms. The van der Waals surface area contributed by atoms with Gasteiger partial charge in [0.15, 0.2) is 12.4 Å². The van der Waals surface area contributed by atoms with E-state index in [0.29, 0.717) is 10.8 Å². The molecule has 0 aliphatic carbocycles. The van der Waals surface area contributed by atoms with Gasteiger partial charge in [0.2, 0.25) is 0 Å². The molecule has 4 rings (SSSR count). The number of benzene rings is 2. The second-order valence-corrected chi connectivity index (χ2v) is 8.04. The minimum absolute atomic E-state index is 0.0169. The van der Waals surface area contributed by atoms with Crippen molar-refractivity contribution in [2.45, 2.75) is 25.8 Å². The van der Waals surface area contributed by atoms with Gasteiger partial charge in [0.05, 0.1) is 5.69 Å². The van der Waals surface area contributed by atoms with E-state index in [-0.39, 0.29) is 18.6 Å². The lowest BCUT2D eigenvalue weighted by molar-refractivity contribution is -0.123. The predicted molar refractivity (Wildman–Crippen MR) is 119 cm³/mol. The largest absolute Gasteiger partial charge is 0.484 e. The molecule has 1 aliphatic rings. The van der Waals surface area contributed by atoms with Gasteiger partial charge in [-0.2, -0.15) is 5.10 Å². The Labute approximate surface area is 181 Å². The molecular weight excluding hydrogens is 400 g/mol. The molecule has 2 aromatic carbocycles. The Hall–Kier alpha value is -2.99. The van der Waals surface area contributed by atoms with Crippen LogP contribution in [-0.2, 0) is 4.79 Å². The van der Waals surface area contributed by atoms with Crippen LogP contribution in [0.15, 0.2) is 54.6 Å². The molecule has 1 aliphatic heterocycles. The standard InChI is InChI=1S/C23H25ClN4O2/c1-16-4-2-6-20(12-16)30-15-23(29)25-19-5-3-11-28(14-19)22-13-21(26-27-22)17-7-9-18(24)10-8-17/h2,4,6-10,12-13,19H,3,5,11,14-15H2,1H3,(H,25,29)(H,26,27)/t19-/m0/s1.